The zero-order valence-corrected chi connectivity index (χ0v) is 11.2. The van der Waals surface area contributed by atoms with Crippen molar-refractivity contribution in [3.8, 4) is 5.75 Å². The summed E-state index contributed by atoms with van der Waals surface area (Å²) in [5, 5.41) is 13.7. The van der Waals surface area contributed by atoms with E-state index in [-0.39, 0.29) is 17.1 Å². The molecule has 104 valence electrons. The molecule has 0 radical (unpaired) electrons. The zero-order valence-electron chi connectivity index (χ0n) is 11.2. The second kappa shape index (κ2) is 5.56. The molecule has 1 N–H and O–H groups in total. The minimum absolute atomic E-state index is 0.247. The Kier molecular flexibility index (Phi) is 3.84. The number of carbonyl (C=O) groups is 1. The smallest absolute Gasteiger partial charge is 0.351 e. The third-order valence-electron chi connectivity index (χ3n) is 2.70. The van der Waals surface area contributed by atoms with Crippen LogP contribution in [0.15, 0.2) is 33.7 Å². The highest BCUT2D eigenvalue weighted by Crippen LogP contribution is 2.15. The molecule has 0 saturated carbocycles. The molecule has 6 heteroatoms. The monoisotopic (exact) mass is 274 g/mol. The van der Waals surface area contributed by atoms with E-state index in [1.165, 1.54) is 25.1 Å². The Morgan fingerprint density at radius 2 is 2.30 bits per heavy atom. The molecular formula is C14H14N2O4. The van der Waals surface area contributed by atoms with E-state index in [0.29, 0.717) is 0 Å². The van der Waals surface area contributed by atoms with Crippen molar-refractivity contribution in [3.05, 3.63) is 51.8 Å². The summed E-state index contributed by atoms with van der Waals surface area (Å²) in [5.74, 6) is -0.740. The molecule has 20 heavy (non-hydrogen) atoms. The SMILES string of the molecule is CCn1cc(C=CC(=O)c2c(O)cc(C)oc2=O)cn1. The number of hydrogen-bond acceptors (Lipinski definition) is 5. The van der Waals surface area contributed by atoms with Gasteiger partial charge in [0.25, 0.3) is 0 Å². The van der Waals surface area contributed by atoms with E-state index in [0.717, 1.165) is 12.1 Å². The van der Waals surface area contributed by atoms with Crippen LogP contribution < -0.4 is 5.63 Å². The lowest BCUT2D eigenvalue weighted by Gasteiger charge is -1.99. The van der Waals surface area contributed by atoms with Crippen LogP contribution in [-0.2, 0) is 6.54 Å². The van der Waals surface area contributed by atoms with Crippen molar-refractivity contribution in [1.29, 1.82) is 0 Å². The van der Waals surface area contributed by atoms with Crippen LogP contribution in [0.5, 0.6) is 5.75 Å². The molecule has 0 saturated heterocycles. The highest BCUT2D eigenvalue weighted by molar-refractivity contribution is 6.08. The van der Waals surface area contributed by atoms with Crippen LogP contribution in [0.3, 0.4) is 0 Å². The van der Waals surface area contributed by atoms with Crippen LogP contribution in [-0.4, -0.2) is 20.7 Å². The van der Waals surface area contributed by atoms with E-state index in [4.69, 9.17) is 4.42 Å². The Hall–Kier alpha value is -2.63. The topological polar surface area (TPSA) is 85.3 Å². The predicted molar refractivity (Wildman–Crippen MR) is 72.6 cm³/mol. The molecule has 0 aliphatic heterocycles. The summed E-state index contributed by atoms with van der Waals surface area (Å²) in [6.45, 7) is 4.19. The average Bonchev–Trinajstić information content (AvgIpc) is 2.83. The van der Waals surface area contributed by atoms with Gasteiger partial charge < -0.3 is 9.52 Å². The van der Waals surface area contributed by atoms with E-state index in [9.17, 15) is 14.7 Å². The lowest BCUT2D eigenvalue weighted by Crippen LogP contribution is -2.12. The third kappa shape index (κ3) is 2.85. The lowest BCUT2D eigenvalue weighted by molar-refractivity contribution is 0.104. The molecule has 2 rings (SSSR count). The maximum absolute atomic E-state index is 11.9. The van der Waals surface area contributed by atoms with Crippen LogP contribution in [0.2, 0.25) is 0 Å². The van der Waals surface area contributed by atoms with E-state index < -0.39 is 11.4 Å². The molecule has 2 aromatic rings. The van der Waals surface area contributed by atoms with Crippen molar-refractivity contribution in [1.82, 2.24) is 9.78 Å². The number of aromatic nitrogens is 2. The molecule has 0 fully saturated rings. The quantitative estimate of drug-likeness (QED) is 0.678. The molecule has 0 spiro atoms. The average molecular weight is 274 g/mol. The van der Waals surface area contributed by atoms with Gasteiger partial charge in [-0.25, -0.2) is 4.79 Å². The number of ketones is 1. The minimum atomic E-state index is -0.846. The Balaban J connectivity index is 2.26. The van der Waals surface area contributed by atoms with Gasteiger partial charge >= 0.3 is 5.63 Å². The second-order valence-electron chi connectivity index (χ2n) is 4.23. The van der Waals surface area contributed by atoms with Crippen LogP contribution in [0.25, 0.3) is 6.08 Å². The van der Waals surface area contributed by atoms with Crippen molar-refractivity contribution in [3.63, 3.8) is 0 Å². The van der Waals surface area contributed by atoms with Crippen molar-refractivity contribution in [2.24, 2.45) is 0 Å². The van der Waals surface area contributed by atoms with Crippen molar-refractivity contribution < 1.29 is 14.3 Å². The Morgan fingerprint density at radius 1 is 1.55 bits per heavy atom. The van der Waals surface area contributed by atoms with Gasteiger partial charge in [0, 0.05) is 24.4 Å². The standard InChI is InChI=1S/C14H14N2O4/c1-3-16-8-10(7-15-16)4-5-11(17)13-12(18)6-9(2)20-14(13)19/h4-8,18H,3H2,1-2H3. The summed E-state index contributed by atoms with van der Waals surface area (Å²) in [7, 11) is 0. The van der Waals surface area contributed by atoms with Crippen molar-refractivity contribution in [2.45, 2.75) is 20.4 Å². The fourth-order valence-electron chi connectivity index (χ4n) is 1.72. The van der Waals surface area contributed by atoms with Crippen LogP contribution in [0.4, 0.5) is 0 Å². The Bertz CT molecular complexity index is 725. The first-order valence-corrected chi connectivity index (χ1v) is 6.10. The number of hydrogen-bond donors (Lipinski definition) is 1. The normalized spacial score (nSPS) is 11.1. The maximum atomic E-state index is 11.9. The van der Waals surface area contributed by atoms with E-state index >= 15 is 0 Å². The molecule has 2 aromatic heterocycles. The molecule has 2 heterocycles. The van der Waals surface area contributed by atoms with Gasteiger partial charge in [0.2, 0.25) is 0 Å². The summed E-state index contributed by atoms with van der Waals surface area (Å²) in [6, 6.07) is 1.23. The number of allylic oxidation sites excluding steroid dienone is 1. The summed E-state index contributed by atoms with van der Waals surface area (Å²) in [5.41, 5.74) is -0.479. The van der Waals surface area contributed by atoms with E-state index in [1.54, 1.807) is 17.1 Å². The van der Waals surface area contributed by atoms with Gasteiger partial charge in [0.15, 0.2) is 5.78 Å². The molecule has 6 nitrogen and oxygen atoms in total. The van der Waals surface area contributed by atoms with Crippen LogP contribution in [0, 0.1) is 6.92 Å². The summed E-state index contributed by atoms with van der Waals surface area (Å²) < 4.78 is 6.51. The lowest BCUT2D eigenvalue weighted by atomic mass is 10.1. The summed E-state index contributed by atoms with van der Waals surface area (Å²) >= 11 is 0. The van der Waals surface area contributed by atoms with Crippen molar-refractivity contribution >= 4 is 11.9 Å². The Morgan fingerprint density at radius 3 is 2.90 bits per heavy atom. The maximum Gasteiger partial charge on any atom is 0.351 e. The molecule has 0 atom stereocenters. The van der Waals surface area contributed by atoms with Gasteiger partial charge in [-0.1, -0.05) is 0 Å². The number of aromatic hydroxyl groups is 1. The van der Waals surface area contributed by atoms with Crippen LogP contribution >= 0.6 is 0 Å². The first-order chi connectivity index (χ1) is 9.51. The highest BCUT2D eigenvalue weighted by Gasteiger charge is 2.15. The fourth-order valence-corrected chi connectivity index (χ4v) is 1.72. The molecular weight excluding hydrogens is 260 g/mol. The van der Waals surface area contributed by atoms with Crippen LogP contribution in [0.1, 0.15) is 28.6 Å². The third-order valence-corrected chi connectivity index (χ3v) is 2.70. The minimum Gasteiger partial charge on any atom is -0.507 e. The molecule has 0 bridgehead atoms. The highest BCUT2D eigenvalue weighted by atomic mass is 16.4. The Labute approximate surface area is 115 Å². The first-order valence-electron chi connectivity index (χ1n) is 6.10. The van der Waals surface area contributed by atoms with Gasteiger partial charge in [-0.15, -0.1) is 0 Å². The van der Waals surface area contributed by atoms with Gasteiger partial charge in [-0.05, 0) is 26.0 Å². The van der Waals surface area contributed by atoms with Gasteiger partial charge in [-0.3, -0.25) is 9.48 Å². The predicted octanol–water partition coefficient (Wildman–Crippen LogP) is 1.77. The number of aryl methyl sites for hydroxylation is 2. The van der Waals surface area contributed by atoms with Crippen molar-refractivity contribution in [2.75, 3.05) is 0 Å². The number of nitrogens with zero attached hydrogens (tertiary/aromatic N) is 2. The second-order valence-corrected chi connectivity index (χ2v) is 4.23. The largest absolute Gasteiger partial charge is 0.507 e. The molecule has 0 amide bonds. The van der Waals surface area contributed by atoms with Gasteiger partial charge in [-0.2, -0.15) is 5.10 Å². The van der Waals surface area contributed by atoms with Gasteiger partial charge in [0.05, 0.1) is 6.20 Å². The number of rotatable bonds is 4. The zero-order chi connectivity index (χ0) is 14.7. The molecule has 0 unspecified atom stereocenters. The number of carbonyl (C=O) groups excluding carboxylic acids is 1. The molecule has 0 aliphatic rings. The summed E-state index contributed by atoms with van der Waals surface area (Å²) in [6.07, 6.45) is 6.10. The van der Waals surface area contributed by atoms with E-state index in [2.05, 4.69) is 5.10 Å². The molecule has 0 aromatic carbocycles. The summed E-state index contributed by atoms with van der Waals surface area (Å²) in [4.78, 5) is 23.5. The van der Waals surface area contributed by atoms with E-state index in [1.807, 2.05) is 6.92 Å². The fraction of sp³-hybridized carbons (Fsp3) is 0.214. The molecule has 0 aliphatic carbocycles. The first kappa shape index (κ1) is 13.8. The van der Waals surface area contributed by atoms with Gasteiger partial charge in [0.1, 0.15) is 17.1 Å².